The first-order chi connectivity index (χ1) is 7.69. The third-order valence-electron chi connectivity index (χ3n) is 3.04. The Balaban J connectivity index is 2.47. The maximum Gasteiger partial charge on any atom is 0.237 e. The maximum atomic E-state index is 11.7. The second-order valence-corrected chi connectivity index (χ2v) is 5.33. The number of aliphatic hydroxyl groups excluding tert-OH is 1. The van der Waals surface area contributed by atoms with Crippen LogP contribution in [0.15, 0.2) is 0 Å². The molecule has 0 radical (unpaired) electrons. The van der Waals surface area contributed by atoms with Crippen molar-refractivity contribution in [3.8, 4) is 0 Å². The van der Waals surface area contributed by atoms with Crippen molar-refractivity contribution in [2.24, 2.45) is 0 Å². The van der Waals surface area contributed by atoms with E-state index in [1.165, 1.54) is 0 Å². The third-order valence-corrected chi connectivity index (χ3v) is 4.20. The van der Waals surface area contributed by atoms with Gasteiger partial charge in [0.25, 0.3) is 0 Å². The Labute approximate surface area is 102 Å². The molecule has 0 aliphatic carbocycles. The Hall–Kier alpha value is -0.260. The number of hydrogen-bond donors (Lipinski definition) is 3. The fourth-order valence-electron chi connectivity index (χ4n) is 1.96. The Kier molecular flexibility index (Phi) is 6.16. The number of carbonyl (C=O) groups is 1. The lowest BCUT2D eigenvalue weighted by Gasteiger charge is -2.25. The summed E-state index contributed by atoms with van der Waals surface area (Å²) in [5.41, 5.74) is 0. The van der Waals surface area contributed by atoms with Gasteiger partial charge in [-0.1, -0.05) is 0 Å². The fraction of sp³-hybridized carbons (Fsp3) is 0.909. The third kappa shape index (κ3) is 3.96. The normalized spacial score (nSPS) is 25.7. The first-order valence-electron chi connectivity index (χ1n) is 5.86. The molecule has 0 spiro atoms. The van der Waals surface area contributed by atoms with Crippen LogP contribution in [0.4, 0.5) is 0 Å². The van der Waals surface area contributed by atoms with Crippen molar-refractivity contribution in [3.63, 3.8) is 0 Å². The zero-order chi connectivity index (χ0) is 12.0. The van der Waals surface area contributed by atoms with Gasteiger partial charge in [0, 0.05) is 17.8 Å². The smallest absolute Gasteiger partial charge is 0.237 e. The minimum Gasteiger partial charge on any atom is -0.395 e. The van der Waals surface area contributed by atoms with Crippen molar-refractivity contribution < 1.29 is 9.90 Å². The van der Waals surface area contributed by atoms with E-state index in [9.17, 15) is 9.90 Å². The minimum absolute atomic E-state index is 0.0984. The van der Waals surface area contributed by atoms with Gasteiger partial charge in [-0.2, -0.15) is 11.8 Å². The van der Waals surface area contributed by atoms with Gasteiger partial charge < -0.3 is 15.7 Å². The van der Waals surface area contributed by atoms with Crippen LogP contribution in [-0.2, 0) is 4.79 Å². The van der Waals surface area contributed by atoms with E-state index >= 15 is 0 Å². The molecule has 3 atom stereocenters. The lowest BCUT2D eigenvalue weighted by molar-refractivity contribution is -0.123. The SMILES string of the molecule is CSC(CO)C(C)NC1CCCCNC1=O. The molecule has 1 aliphatic rings. The molecule has 1 amide bonds. The van der Waals surface area contributed by atoms with E-state index in [-0.39, 0.29) is 29.8 Å². The van der Waals surface area contributed by atoms with E-state index in [4.69, 9.17) is 0 Å². The summed E-state index contributed by atoms with van der Waals surface area (Å²) in [5, 5.41) is 15.6. The first-order valence-corrected chi connectivity index (χ1v) is 7.15. The number of carbonyl (C=O) groups excluding carboxylic acids is 1. The zero-order valence-corrected chi connectivity index (χ0v) is 10.8. The molecular formula is C11H22N2O2S. The van der Waals surface area contributed by atoms with Gasteiger partial charge in [-0.3, -0.25) is 4.79 Å². The molecule has 0 aromatic heterocycles. The quantitative estimate of drug-likeness (QED) is 0.655. The zero-order valence-electron chi connectivity index (χ0n) is 10.0. The average Bonchev–Trinajstić information content (AvgIpc) is 2.46. The number of hydrogen-bond acceptors (Lipinski definition) is 4. The molecule has 5 heteroatoms. The van der Waals surface area contributed by atoms with Gasteiger partial charge in [0.2, 0.25) is 5.91 Å². The summed E-state index contributed by atoms with van der Waals surface area (Å²) in [6.07, 6.45) is 5.01. The molecule has 0 aromatic rings. The van der Waals surface area contributed by atoms with Crippen LogP contribution in [-0.4, -0.2) is 47.8 Å². The number of rotatable bonds is 5. The highest BCUT2D eigenvalue weighted by Crippen LogP contribution is 2.13. The average molecular weight is 246 g/mol. The lowest BCUT2D eigenvalue weighted by atomic mass is 10.1. The Bertz CT molecular complexity index is 222. The molecule has 0 bridgehead atoms. The first kappa shape index (κ1) is 13.8. The molecule has 1 aliphatic heterocycles. The molecule has 0 aromatic carbocycles. The highest BCUT2D eigenvalue weighted by Gasteiger charge is 2.24. The highest BCUT2D eigenvalue weighted by atomic mass is 32.2. The van der Waals surface area contributed by atoms with Crippen LogP contribution in [0, 0.1) is 0 Å². The summed E-state index contributed by atoms with van der Waals surface area (Å²) in [6.45, 7) is 2.95. The van der Waals surface area contributed by atoms with Crippen molar-refractivity contribution in [2.75, 3.05) is 19.4 Å². The van der Waals surface area contributed by atoms with Crippen LogP contribution < -0.4 is 10.6 Å². The van der Waals surface area contributed by atoms with Crippen molar-refractivity contribution in [3.05, 3.63) is 0 Å². The fourth-order valence-corrected chi connectivity index (χ4v) is 2.60. The van der Waals surface area contributed by atoms with Crippen molar-refractivity contribution in [1.29, 1.82) is 0 Å². The molecule has 94 valence electrons. The predicted octanol–water partition coefficient (Wildman–Crippen LogP) is 0.357. The monoisotopic (exact) mass is 246 g/mol. The molecule has 3 N–H and O–H groups in total. The number of amides is 1. The van der Waals surface area contributed by atoms with E-state index < -0.39 is 0 Å². The van der Waals surface area contributed by atoms with Crippen LogP contribution in [0.3, 0.4) is 0 Å². The minimum atomic E-state index is -0.0984. The maximum absolute atomic E-state index is 11.7. The summed E-state index contributed by atoms with van der Waals surface area (Å²) < 4.78 is 0. The number of thioether (sulfide) groups is 1. The second-order valence-electron chi connectivity index (χ2n) is 4.25. The number of nitrogens with one attached hydrogen (secondary N) is 2. The molecule has 0 saturated carbocycles. The van der Waals surface area contributed by atoms with Gasteiger partial charge in [0.15, 0.2) is 0 Å². The van der Waals surface area contributed by atoms with Crippen LogP contribution >= 0.6 is 11.8 Å². The van der Waals surface area contributed by atoms with Gasteiger partial charge in [-0.25, -0.2) is 0 Å². The van der Waals surface area contributed by atoms with Crippen molar-refractivity contribution >= 4 is 17.7 Å². The van der Waals surface area contributed by atoms with Gasteiger partial charge in [0.1, 0.15) is 0 Å². The van der Waals surface area contributed by atoms with Crippen LogP contribution in [0.25, 0.3) is 0 Å². The Morgan fingerprint density at radius 1 is 1.62 bits per heavy atom. The molecule has 3 unspecified atom stereocenters. The topological polar surface area (TPSA) is 61.4 Å². The summed E-state index contributed by atoms with van der Waals surface area (Å²) in [5.74, 6) is 0.0992. The molecule has 4 nitrogen and oxygen atoms in total. The van der Waals surface area contributed by atoms with Crippen LogP contribution in [0.1, 0.15) is 26.2 Å². The summed E-state index contributed by atoms with van der Waals surface area (Å²) in [6, 6.07) is 0.0487. The molecule has 1 rings (SSSR count). The van der Waals surface area contributed by atoms with E-state index in [0.29, 0.717) is 0 Å². The van der Waals surface area contributed by atoms with Gasteiger partial charge in [-0.15, -0.1) is 0 Å². The van der Waals surface area contributed by atoms with Crippen molar-refractivity contribution in [1.82, 2.24) is 10.6 Å². The summed E-state index contributed by atoms with van der Waals surface area (Å²) in [4.78, 5) is 11.7. The van der Waals surface area contributed by atoms with Gasteiger partial charge in [0.05, 0.1) is 12.6 Å². The van der Waals surface area contributed by atoms with Crippen LogP contribution in [0.2, 0.25) is 0 Å². The molecule has 1 fully saturated rings. The molecule has 1 saturated heterocycles. The van der Waals surface area contributed by atoms with E-state index in [1.807, 2.05) is 13.2 Å². The largest absolute Gasteiger partial charge is 0.395 e. The van der Waals surface area contributed by atoms with Crippen LogP contribution in [0.5, 0.6) is 0 Å². The highest BCUT2D eigenvalue weighted by molar-refractivity contribution is 7.99. The van der Waals surface area contributed by atoms with Gasteiger partial charge in [-0.05, 0) is 32.4 Å². The molecular weight excluding hydrogens is 224 g/mol. The second kappa shape index (κ2) is 7.14. The molecule has 1 heterocycles. The van der Waals surface area contributed by atoms with Crippen molar-refractivity contribution in [2.45, 2.75) is 43.5 Å². The Morgan fingerprint density at radius 2 is 2.38 bits per heavy atom. The van der Waals surface area contributed by atoms with E-state index in [2.05, 4.69) is 10.6 Å². The van der Waals surface area contributed by atoms with E-state index in [1.54, 1.807) is 11.8 Å². The molecule has 16 heavy (non-hydrogen) atoms. The summed E-state index contributed by atoms with van der Waals surface area (Å²) >= 11 is 1.63. The summed E-state index contributed by atoms with van der Waals surface area (Å²) in [7, 11) is 0. The Morgan fingerprint density at radius 3 is 3.00 bits per heavy atom. The number of aliphatic hydroxyl groups is 1. The van der Waals surface area contributed by atoms with Gasteiger partial charge >= 0.3 is 0 Å². The lowest BCUT2D eigenvalue weighted by Crippen LogP contribution is -2.50. The van der Waals surface area contributed by atoms with E-state index in [0.717, 1.165) is 25.8 Å². The predicted molar refractivity (Wildman–Crippen MR) is 67.6 cm³/mol. The standard InChI is InChI=1S/C11H22N2O2S/c1-8(10(7-14)16-2)13-9-5-3-4-6-12-11(9)15/h8-10,13-14H,3-7H2,1-2H3,(H,12,15).